The lowest BCUT2D eigenvalue weighted by Gasteiger charge is -2.03. The number of halogens is 1. The van der Waals surface area contributed by atoms with E-state index in [0.29, 0.717) is 16.7 Å². The molecule has 0 amide bonds. The Morgan fingerprint density at radius 3 is 2.86 bits per heavy atom. The number of nitrogens with zero attached hydrogens (tertiary/aromatic N) is 1. The number of hydrogen-bond donors (Lipinski definition) is 0. The molecule has 69 valence electrons. The maximum Gasteiger partial charge on any atom is 0.219 e. The molecule has 0 aliphatic rings. The summed E-state index contributed by atoms with van der Waals surface area (Å²) in [4.78, 5) is 3.91. The molecule has 0 N–H and O–H groups in total. The van der Waals surface area contributed by atoms with E-state index in [1.54, 1.807) is 24.3 Å². The molecule has 0 saturated carbocycles. The Hall–Kier alpha value is -1.54. The highest BCUT2D eigenvalue weighted by Crippen LogP contribution is 2.21. The molecule has 1 radical (unpaired) electrons. The number of aromatic nitrogens is 1. The normalized spacial score (nSPS) is 9.79. The summed E-state index contributed by atoms with van der Waals surface area (Å²) < 4.78 is 5.43. The van der Waals surface area contributed by atoms with E-state index in [4.69, 9.17) is 16.3 Å². The van der Waals surface area contributed by atoms with Crippen molar-refractivity contribution in [1.82, 2.24) is 4.98 Å². The van der Waals surface area contributed by atoms with Crippen LogP contribution in [0.3, 0.4) is 0 Å². The van der Waals surface area contributed by atoms with Crippen LogP contribution in [0, 0.1) is 6.20 Å². The van der Waals surface area contributed by atoms with E-state index in [9.17, 15) is 0 Å². The fourth-order valence-electron chi connectivity index (χ4n) is 1.02. The zero-order valence-electron chi connectivity index (χ0n) is 7.27. The van der Waals surface area contributed by atoms with Crippen LogP contribution >= 0.6 is 11.6 Å². The van der Waals surface area contributed by atoms with E-state index >= 15 is 0 Å². The van der Waals surface area contributed by atoms with Crippen molar-refractivity contribution in [2.24, 2.45) is 0 Å². The van der Waals surface area contributed by atoms with Gasteiger partial charge in [0, 0.05) is 11.1 Å². The van der Waals surface area contributed by atoms with Gasteiger partial charge in [-0.1, -0.05) is 23.7 Å². The van der Waals surface area contributed by atoms with Crippen LogP contribution in [0.2, 0.25) is 5.02 Å². The summed E-state index contributed by atoms with van der Waals surface area (Å²) in [7, 11) is 0. The average molecular weight is 205 g/mol. The second-order valence-electron chi connectivity index (χ2n) is 2.66. The summed E-state index contributed by atoms with van der Waals surface area (Å²) in [6.07, 6.45) is 2.69. The van der Waals surface area contributed by atoms with Crippen molar-refractivity contribution in [2.75, 3.05) is 0 Å². The zero-order chi connectivity index (χ0) is 9.80. The van der Waals surface area contributed by atoms with Crippen LogP contribution in [0.5, 0.6) is 11.6 Å². The Bertz CT molecular complexity index is 417. The molecule has 0 aliphatic carbocycles. The van der Waals surface area contributed by atoms with Crippen molar-refractivity contribution < 1.29 is 4.74 Å². The molecule has 0 spiro atoms. The molecule has 2 rings (SSSR count). The molecule has 0 atom stereocenters. The summed E-state index contributed by atoms with van der Waals surface area (Å²) in [5.74, 6) is 1.18. The second-order valence-corrected chi connectivity index (χ2v) is 3.10. The van der Waals surface area contributed by atoms with Crippen LogP contribution < -0.4 is 4.74 Å². The van der Waals surface area contributed by atoms with E-state index in [-0.39, 0.29) is 0 Å². The molecule has 0 unspecified atom stereocenters. The summed E-state index contributed by atoms with van der Waals surface area (Å²) in [5, 5.41) is 0.641. The maximum atomic E-state index is 5.80. The smallest absolute Gasteiger partial charge is 0.219 e. The average Bonchev–Trinajstić information content (AvgIpc) is 2.19. The minimum atomic E-state index is 0.509. The van der Waals surface area contributed by atoms with Gasteiger partial charge in [-0.05, 0) is 24.3 Å². The monoisotopic (exact) mass is 204 g/mol. The lowest BCUT2D eigenvalue weighted by molar-refractivity contribution is 0.462. The van der Waals surface area contributed by atoms with Gasteiger partial charge in [0.05, 0.1) is 6.20 Å². The zero-order valence-corrected chi connectivity index (χ0v) is 8.03. The van der Waals surface area contributed by atoms with Gasteiger partial charge in [0.25, 0.3) is 0 Å². The fraction of sp³-hybridized carbons (Fsp3) is 0. The van der Waals surface area contributed by atoms with E-state index in [1.165, 1.54) is 0 Å². The first-order valence-electron chi connectivity index (χ1n) is 4.11. The Balaban J connectivity index is 2.19. The lowest BCUT2D eigenvalue weighted by atomic mass is 10.3. The van der Waals surface area contributed by atoms with Crippen molar-refractivity contribution in [3.05, 3.63) is 53.7 Å². The minimum absolute atomic E-state index is 0.509. The third-order valence-corrected chi connectivity index (χ3v) is 1.84. The lowest BCUT2D eigenvalue weighted by Crippen LogP contribution is -1.86. The number of benzene rings is 1. The molecule has 0 bridgehead atoms. The molecule has 3 heteroatoms. The van der Waals surface area contributed by atoms with Gasteiger partial charge in [0.2, 0.25) is 5.88 Å². The molecule has 1 heterocycles. The number of rotatable bonds is 2. The first-order valence-corrected chi connectivity index (χ1v) is 4.49. The van der Waals surface area contributed by atoms with Gasteiger partial charge in [-0.25, -0.2) is 4.98 Å². The van der Waals surface area contributed by atoms with Crippen molar-refractivity contribution in [1.29, 1.82) is 0 Å². The second kappa shape index (κ2) is 4.11. The first-order chi connectivity index (χ1) is 6.84. The fourth-order valence-corrected chi connectivity index (χ4v) is 1.20. The van der Waals surface area contributed by atoms with Crippen LogP contribution in [0.4, 0.5) is 0 Å². The SMILES string of the molecule is Clc1cccc(Oc2ccc[c]n2)c1. The van der Waals surface area contributed by atoms with Crippen LogP contribution in [0.15, 0.2) is 42.5 Å². The van der Waals surface area contributed by atoms with E-state index in [0.717, 1.165) is 0 Å². The number of hydrogen-bond acceptors (Lipinski definition) is 2. The molecular weight excluding hydrogens is 198 g/mol. The Morgan fingerprint density at radius 1 is 1.21 bits per heavy atom. The van der Waals surface area contributed by atoms with Crippen molar-refractivity contribution in [2.45, 2.75) is 0 Å². The molecule has 1 aromatic heterocycles. The van der Waals surface area contributed by atoms with E-state index in [1.807, 2.05) is 18.2 Å². The van der Waals surface area contributed by atoms with Crippen LogP contribution in [0.25, 0.3) is 0 Å². The largest absolute Gasteiger partial charge is 0.439 e. The minimum Gasteiger partial charge on any atom is -0.439 e. The molecule has 0 aliphatic heterocycles. The number of pyridine rings is 1. The van der Waals surface area contributed by atoms with Crippen molar-refractivity contribution in [3.63, 3.8) is 0 Å². The molecular formula is C11H7ClNO. The van der Waals surface area contributed by atoms with Crippen molar-refractivity contribution >= 4 is 11.6 Å². The Kier molecular flexibility index (Phi) is 2.65. The van der Waals surface area contributed by atoms with Crippen molar-refractivity contribution in [3.8, 4) is 11.6 Å². The highest BCUT2D eigenvalue weighted by molar-refractivity contribution is 6.30. The first kappa shape index (κ1) is 9.03. The van der Waals surface area contributed by atoms with Gasteiger partial charge in [0.15, 0.2) is 0 Å². The molecule has 2 aromatic rings. The van der Waals surface area contributed by atoms with Crippen LogP contribution in [-0.2, 0) is 0 Å². The highest BCUT2D eigenvalue weighted by atomic mass is 35.5. The summed E-state index contributed by atoms with van der Waals surface area (Å²) in [6, 6.07) is 12.5. The topological polar surface area (TPSA) is 22.1 Å². The van der Waals surface area contributed by atoms with Gasteiger partial charge in [-0.15, -0.1) is 0 Å². The predicted octanol–water partition coefficient (Wildman–Crippen LogP) is 3.33. The third kappa shape index (κ3) is 2.24. The molecule has 0 saturated heterocycles. The van der Waals surface area contributed by atoms with Crippen LogP contribution in [-0.4, -0.2) is 4.98 Å². The molecule has 14 heavy (non-hydrogen) atoms. The maximum absolute atomic E-state index is 5.80. The summed E-state index contributed by atoms with van der Waals surface area (Å²) in [6.45, 7) is 0. The van der Waals surface area contributed by atoms with Gasteiger partial charge in [-0.2, -0.15) is 0 Å². The number of ether oxygens (including phenoxy) is 1. The quantitative estimate of drug-likeness (QED) is 0.749. The van der Waals surface area contributed by atoms with E-state index < -0.39 is 0 Å². The predicted molar refractivity (Wildman–Crippen MR) is 54.6 cm³/mol. The standard InChI is InChI=1S/C11H7ClNO/c12-9-4-3-5-10(8-9)14-11-6-1-2-7-13-11/h1-6,8H. The van der Waals surface area contributed by atoms with Gasteiger partial charge >= 0.3 is 0 Å². The summed E-state index contributed by atoms with van der Waals surface area (Å²) >= 11 is 5.80. The highest BCUT2D eigenvalue weighted by Gasteiger charge is 1.97. The molecule has 2 nitrogen and oxygen atoms in total. The Morgan fingerprint density at radius 2 is 2.14 bits per heavy atom. The van der Waals surface area contributed by atoms with Gasteiger partial charge in [-0.3, -0.25) is 0 Å². The Labute approximate surface area is 87.1 Å². The van der Waals surface area contributed by atoms with E-state index in [2.05, 4.69) is 11.2 Å². The van der Waals surface area contributed by atoms with Crippen LogP contribution in [0.1, 0.15) is 0 Å². The van der Waals surface area contributed by atoms with Gasteiger partial charge < -0.3 is 4.74 Å². The third-order valence-electron chi connectivity index (χ3n) is 1.60. The molecule has 0 fully saturated rings. The summed E-state index contributed by atoms with van der Waals surface area (Å²) in [5.41, 5.74) is 0. The van der Waals surface area contributed by atoms with Gasteiger partial charge in [0.1, 0.15) is 5.75 Å². The molecule has 1 aromatic carbocycles.